The maximum absolute atomic E-state index is 11.3. The number of ether oxygens (including phenoxy) is 2. The summed E-state index contributed by atoms with van der Waals surface area (Å²) in [6.45, 7) is 4.39. The summed E-state index contributed by atoms with van der Waals surface area (Å²) in [6.07, 6.45) is 1.81. The molecule has 5 aromatic rings. The molecule has 0 amide bonds. The van der Waals surface area contributed by atoms with Gasteiger partial charge in [-0.1, -0.05) is 36.9 Å². The Hall–Kier alpha value is -5.17. The van der Waals surface area contributed by atoms with Gasteiger partial charge in [-0.3, -0.25) is 10.1 Å². The van der Waals surface area contributed by atoms with Gasteiger partial charge >= 0.3 is 0 Å². The number of nitro benzene ring substituents is 1. The Morgan fingerprint density at radius 1 is 0.795 bits per heavy atom. The normalized spacial score (nSPS) is 10.7. The molecular weight excluding hydrogens is 490 g/mol. The van der Waals surface area contributed by atoms with E-state index in [0.717, 1.165) is 50.7 Å². The van der Waals surface area contributed by atoms with Crippen molar-refractivity contribution in [3.05, 3.63) is 125 Å². The number of benzene rings is 4. The molecule has 39 heavy (non-hydrogen) atoms. The third-order valence-corrected chi connectivity index (χ3v) is 6.59. The van der Waals surface area contributed by atoms with Gasteiger partial charge in [0.1, 0.15) is 17.3 Å². The van der Waals surface area contributed by atoms with Gasteiger partial charge in [-0.2, -0.15) is 0 Å². The lowest BCUT2D eigenvalue weighted by molar-refractivity contribution is -0.384. The van der Waals surface area contributed by atoms with Crippen LogP contribution in [0.3, 0.4) is 0 Å². The van der Waals surface area contributed by atoms with Crippen LogP contribution in [0.1, 0.15) is 11.1 Å². The van der Waals surface area contributed by atoms with Crippen molar-refractivity contribution in [1.29, 1.82) is 0 Å². The summed E-state index contributed by atoms with van der Waals surface area (Å²) in [4.78, 5) is 16.0. The average molecular weight is 518 g/mol. The number of rotatable bonds is 9. The fraction of sp³-hybridized carbons (Fsp3) is 0.0938. The summed E-state index contributed by atoms with van der Waals surface area (Å²) in [5.41, 5.74) is 6.52. The van der Waals surface area contributed by atoms with Crippen molar-refractivity contribution in [2.45, 2.75) is 6.54 Å². The molecule has 0 aliphatic rings. The third kappa shape index (κ3) is 5.29. The van der Waals surface area contributed by atoms with Crippen LogP contribution in [0, 0.1) is 10.1 Å². The van der Waals surface area contributed by atoms with Crippen LogP contribution in [0.2, 0.25) is 0 Å². The lowest BCUT2D eigenvalue weighted by Gasteiger charge is -2.14. The van der Waals surface area contributed by atoms with Crippen molar-refractivity contribution in [1.82, 2.24) is 9.55 Å². The van der Waals surface area contributed by atoms with Gasteiger partial charge in [-0.05, 0) is 71.8 Å². The summed E-state index contributed by atoms with van der Waals surface area (Å²) in [5.74, 6) is 2.21. The Morgan fingerprint density at radius 3 is 1.85 bits per heavy atom. The molecule has 0 unspecified atom stereocenters. The van der Waals surface area contributed by atoms with Gasteiger partial charge in [0.15, 0.2) is 0 Å². The Labute approximate surface area is 226 Å². The highest BCUT2D eigenvalue weighted by atomic mass is 16.6. The molecule has 0 atom stereocenters. The van der Waals surface area contributed by atoms with E-state index in [9.17, 15) is 10.1 Å². The number of imidazole rings is 1. The van der Waals surface area contributed by atoms with Crippen LogP contribution in [0.4, 0.5) is 5.69 Å². The van der Waals surface area contributed by atoms with Gasteiger partial charge in [0.05, 0.1) is 30.5 Å². The zero-order valence-corrected chi connectivity index (χ0v) is 21.7. The molecule has 4 aromatic carbocycles. The van der Waals surface area contributed by atoms with E-state index in [1.165, 1.54) is 12.1 Å². The summed E-state index contributed by atoms with van der Waals surface area (Å²) in [7, 11) is 3.28. The Morgan fingerprint density at radius 2 is 1.33 bits per heavy atom. The summed E-state index contributed by atoms with van der Waals surface area (Å²) < 4.78 is 12.9. The quantitative estimate of drug-likeness (QED) is 0.149. The van der Waals surface area contributed by atoms with Gasteiger partial charge in [0, 0.05) is 35.4 Å². The van der Waals surface area contributed by atoms with Crippen LogP contribution < -0.4 is 9.47 Å². The van der Waals surface area contributed by atoms with Crippen molar-refractivity contribution in [3.8, 4) is 45.4 Å². The van der Waals surface area contributed by atoms with Crippen LogP contribution in [0.5, 0.6) is 11.5 Å². The largest absolute Gasteiger partial charge is 0.497 e. The molecule has 0 spiro atoms. The molecule has 0 aliphatic carbocycles. The number of non-ortho nitro benzene ring substituents is 1. The molecule has 7 nitrogen and oxygen atoms in total. The zero-order valence-electron chi connectivity index (χ0n) is 21.7. The fourth-order valence-corrected chi connectivity index (χ4v) is 4.49. The predicted molar refractivity (Wildman–Crippen MR) is 154 cm³/mol. The zero-order chi connectivity index (χ0) is 27.4. The minimum absolute atomic E-state index is 0.0302. The van der Waals surface area contributed by atoms with E-state index in [2.05, 4.69) is 23.3 Å². The van der Waals surface area contributed by atoms with Crippen molar-refractivity contribution < 1.29 is 14.4 Å². The molecule has 1 heterocycles. The molecule has 7 heteroatoms. The highest BCUT2D eigenvalue weighted by Gasteiger charge is 2.22. The lowest BCUT2D eigenvalue weighted by atomic mass is 10.0. The number of hydrogen-bond acceptors (Lipinski definition) is 5. The summed E-state index contributed by atoms with van der Waals surface area (Å²) >= 11 is 0. The topological polar surface area (TPSA) is 79.4 Å². The molecular formula is C32H27N3O4. The first-order valence-corrected chi connectivity index (χ1v) is 12.4. The molecule has 0 N–H and O–H groups in total. The molecule has 0 fully saturated rings. The second-order valence-corrected chi connectivity index (χ2v) is 8.93. The Bertz CT molecular complexity index is 1600. The van der Waals surface area contributed by atoms with Gasteiger partial charge in [-0.15, -0.1) is 0 Å². The molecule has 0 saturated heterocycles. The third-order valence-electron chi connectivity index (χ3n) is 6.59. The molecule has 194 valence electrons. The maximum atomic E-state index is 11.3. The second kappa shape index (κ2) is 11.1. The van der Waals surface area contributed by atoms with E-state index in [1.807, 2.05) is 66.7 Å². The smallest absolute Gasteiger partial charge is 0.269 e. The highest BCUT2D eigenvalue weighted by Crippen LogP contribution is 2.38. The van der Waals surface area contributed by atoms with Crippen LogP contribution in [-0.4, -0.2) is 28.7 Å². The van der Waals surface area contributed by atoms with Crippen molar-refractivity contribution in [2.75, 3.05) is 14.2 Å². The number of hydrogen-bond donors (Lipinski definition) is 0. The summed E-state index contributed by atoms with van der Waals surface area (Å²) in [5, 5.41) is 11.3. The molecule has 0 saturated carbocycles. The lowest BCUT2D eigenvalue weighted by Crippen LogP contribution is -2.05. The standard InChI is InChI=1S/C32H27N3O4/c1-4-22-5-7-23(8-6-22)21-34-31(25-13-19-29(39-3)20-14-25)30(24-11-17-28(38-2)18-12-24)33-32(34)26-9-15-27(16-10-26)35(36)37/h4-20H,1,21H2,2-3H3. The van der Waals surface area contributed by atoms with Gasteiger partial charge in [-0.25, -0.2) is 4.98 Å². The number of aromatic nitrogens is 2. The summed E-state index contributed by atoms with van der Waals surface area (Å²) in [6, 6.07) is 30.4. The van der Waals surface area contributed by atoms with Gasteiger partial charge in [0.2, 0.25) is 0 Å². The van der Waals surface area contributed by atoms with E-state index in [4.69, 9.17) is 14.5 Å². The average Bonchev–Trinajstić information content (AvgIpc) is 3.36. The Kier molecular flexibility index (Phi) is 7.23. The van der Waals surface area contributed by atoms with Gasteiger partial charge in [0.25, 0.3) is 5.69 Å². The molecule has 0 bridgehead atoms. The van der Waals surface area contributed by atoms with E-state index < -0.39 is 4.92 Å². The van der Waals surface area contributed by atoms with Gasteiger partial charge < -0.3 is 14.0 Å². The minimum atomic E-state index is -0.400. The predicted octanol–water partition coefficient (Wildman–Crippen LogP) is 7.50. The van der Waals surface area contributed by atoms with Crippen molar-refractivity contribution in [2.24, 2.45) is 0 Å². The van der Waals surface area contributed by atoms with Crippen LogP contribution >= 0.6 is 0 Å². The highest BCUT2D eigenvalue weighted by molar-refractivity contribution is 5.83. The van der Waals surface area contributed by atoms with Crippen LogP contribution in [0.15, 0.2) is 104 Å². The number of nitro groups is 1. The fourth-order valence-electron chi connectivity index (χ4n) is 4.49. The second-order valence-electron chi connectivity index (χ2n) is 8.93. The number of methoxy groups -OCH3 is 2. The van der Waals surface area contributed by atoms with E-state index in [1.54, 1.807) is 26.4 Å². The minimum Gasteiger partial charge on any atom is -0.497 e. The van der Waals surface area contributed by atoms with E-state index >= 15 is 0 Å². The van der Waals surface area contributed by atoms with Crippen LogP contribution in [-0.2, 0) is 6.54 Å². The van der Waals surface area contributed by atoms with E-state index in [-0.39, 0.29) is 5.69 Å². The molecule has 5 rings (SSSR count). The maximum Gasteiger partial charge on any atom is 0.269 e. The molecule has 1 aromatic heterocycles. The first kappa shape index (κ1) is 25.5. The first-order valence-electron chi connectivity index (χ1n) is 12.4. The first-order chi connectivity index (χ1) is 19.0. The number of nitrogens with zero attached hydrogens (tertiary/aromatic N) is 3. The molecule has 0 aliphatic heterocycles. The van der Waals surface area contributed by atoms with Crippen LogP contribution in [0.25, 0.3) is 40.0 Å². The molecule has 0 radical (unpaired) electrons. The monoisotopic (exact) mass is 517 g/mol. The van der Waals surface area contributed by atoms with Crippen molar-refractivity contribution in [3.63, 3.8) is 0 Å². The Balaban J connectivity index is 1.75. The van der Waals surface area contributed by atoms with E-state index in [0.29, 0.717) is 12.4 Å². The SMILES string of the molecule is C=Cc1ccc(Cn2c(-c3ccc([N+](=O)[O-])cc3)nc(-c3ccc(OC)cc3)c2-c2ccc(OC)cc2)cc1. The van der Waals surface area contributed by atoms with Crippen molar-refractivity contribution >= 4 is 11.8 Å².